The van der Waals surface area contributed by atoms with Crippen LogP contribution in [0.1, 0.15) is 92.9 Å². The molecule has 0 heterocycles. The van der Waals surface area contributed by atoms with Crippen molar-refractivity contribution in [2.24, 2.45) is 46.3 Å². The molecule has 0 radical (unpaired) electrons. The van der Waals surface area contributed by atoms with E-state index in [1.807, 2.05) is 0 Å². The average Bonchev–Trinajstić information content (AvgIpc) is 3.04. The fraction of sp³-hybridized carbons (Fsp3) is 0.964. The van der Waals surface area contributed by atoms with Crippen LogP contribution in [0.3, 0.4) is 0 Å². The highest BCUT2D eigenvalue weighted by atomic mass is 28.4. The molecule has 4 saturated carbocycles. The van der Waals surface area contributed by atoms with Crippen molar-refractivity contribution in [2.45, 2.75) is 117 Å². The largest absolute Gasteiger partial charge is 0.417 e. The molecular weight excluding hydrogens is 412 g/mol. The van der Waals surface area contributed by atoms with Crippen molar-refractivity contribution in [3.63, 3.8) is 0 Å². The fourth-order valence-electron chi connectivity index (χ4n) is 8.66. The molecule has 4 aliphatic carbocycles. The molecule has 0 amide bonds. The quantitative estimate of drug-likeness (QED) is 0.465. The maximum Gasteiger partial charge on any atom is 0.191 e. The number of fused-ring (bicyclic) bond motifs is 5. The molecule has 0 aromatic heterocycles. The van der Waals surface area contributed by atoms with Crippen LogP contribution in [-0.2, 0) is 9.22 Å². The highest BCUT2D eigenvalue weighted by molar-refractivity contribution is 6.74. The lowest BCUT2D eigenvalue weighted by molar-refractivity contribution is -0.169. The van der Waals surface area contributed by atoms with E-state index in [-0.39, 0.29) is 16.6 Å². The molecule has 4 fully saturated rings. The lowest BCUT2D eigenvalue weighted by atomic mass is 9.44. The second-order valence-corrected chi connectivity index (χ2v) is 19.1. The summed E-state index contributed by atoms with van der Waals surface area (Å²) >= 11 is 0. The number of carbonyl (C=O) groups excluding carboxylic acids is 1. The van der Waals surface area contributed by atoms with Crippen LogP contribution in [0.25, 0.3) is 0 Å². The Hall–Kier alpha value is -0.193. The van der Waals surface area contributed by atoms with Crippen molar-refractivity contribution in [3.05, 3.63) is 0 Å². The van der Waals surface area contributed by atoms with Gasteiger partial charge in [0.1, 0.15) is 5.78 Å². The minimum Gasteiger partial charge on any atom is -0.417 e. The average molecular weight is 463 g/mol. The summed E-state index contributed by atoms with van der Waals surface area (Å²) < 4.78 is 6.67. The molecule has 4 heteroatoms. The molecule has 0 saturated heterocycles. The molecule has 0 aromatic rings. The summed E-state index contributed by atoms with van der Waals surface area (Å²) in [5.74, 6) is 3.76. The van der Waals surface area contributed by atoms with Crippen molar-refractivity contribution < 1.29 is 14.3 Å². The molecule has 1 N–H and O–H groups in total. The van der Waals surface area contributed by atoms with Crippen LogP contribution in [0.4, 0.5) is 0 Å². The molecule has 3 nitrogen and oxygen atoms in total. The SMILES string of the molecule is CC(CO[Si](C)(C)C(C)(C)C)[C@H]1CC[C@H]2[C@@H]3C(O)CC4CC(=O)CC[C@]4(C)[C@H]3CC[C@]12C. The molecule has 32 heavy (non-hydrogen) atoms. The topological polar surface area (TPSA) is 46.5 Å². The van der Waals surface area contributed by atoms with Crippen LogP contribution in [0.5, 0.6) is 0 Å². The zero-order valence-electron chi connectivity index (χ0n) is 22.2. The Kier molecular flexibility index (Phi) is 6.38. The first-order valence-corrected chi connectivity index (χ1v) is 16.5. The molecule has 4 aliphatic rings. The minimum atomic E-state index is -1.73. The Morgan fingerprint density at radius 2 is 1.75 bits per heavy atom. The van der Waals surface area contributed by atoms with E-state index in [9.17, 15) is 9.90 Å². The summed E-state index contributed by atoms with van der Waals surface area (Å²) in [6.45, 7) is 20.1. The van der Waals surface area contributed by atoms with Gasteiger partial charge in [-0.05, 0) is 103 Å². The molecule has 0 aliphatic heterocycles. The number of aliphatic hydroxyl groups is 1. The molecule has 0 spiro atoms. The van der Waals surface area contributed by atoms with E-state index in [1.54, 1.807) is 0 Å². The van der Waals surface area contributed by atoms with Gasteiger partial charge in [-0.3, -0.25) is 4.79 Å². The molecule has 4 rings (SSSR count). The van der Waals surface area contributed by atoms with Crippen LogP contribution in [0.15, 0.2) is 0 Å². The van der Waals surface area contributed by atoms with E-state index < -0.39 is 8.32 Å². The minimum absolute atomic E-state index is 0.217. The highest BCUT2D eigenvalue weighted by Gasteiger charge is 2.63. The molecular formula is C28H50O3Si. The van der Waals surface area contributed by atoms with Gasteiger partial charge in [-0.25, -0.2) is 0 Å². The van der Waals surface area contributed by atoms with Gasteiger partial charge in [0.25, 0.3) is 0 Å². The van der Waals surface area contributed by atoms with Crippen LogP contribution in [0.2, 0.25) is 18.1 Å². The number of rotatable bonds is 4. The Balaban J connectivity index is 1.50. The van der Waals surface area contributed by atoms with Gasteiger partial charge in [0.2, 0.25) is 0 Å². The summed E-state index contributed by atoms with van der Waals surface area (Å²) in [5.41, 5.74) is 0.584. The number of hydrogen-bond donors (Lipinski definition) is 1. The summed E-state index contributed by atoms with van der Waals surface area (Å²) in [6, 6.07) is 0. The lowest BCUT2D eigenvalue weighted by Crippen LogP contribution is -2.58. The predicted octanol–water partition coefficient (Wildman–Crippen LogP) is 6.84. The van der Waals surface area contributed by atoms with Crippen LogP contribution >= 0.6 is 0 Å². The normalized spacial score (nSPS) is 45.7. The standard InChI is InChI=1S/C28H50O3Si/c1-18(17-31-32(7,8)26(2,3)4)21-9-10-22-25-23(12-14-28(21,22)6)27(5)13-11-20(29)15-19(27)16-24(25)30/h18-19,21-25,30H,9-17H2,1-8H3/t18?,19?,21-,22+,23+,24?,25+,27+,28-/m1/s1. The van der Waals surface area contributed by atoms with Gasteiger partial charge in [0, 0.05) is 19.4 Å². The van der Waals surface area contributed by atoms with Gasteiger partial charge < -0.3 is 9.53 Å². The van der Waals surface area contributed by atoms with Crippen molar-refractivity contribution >= 4 is 14.1 Å². The van der Waals surface area contributed by atoms with Crippen LogP contribution in [-0.4, -0.2) is 31.9 Å². The monoisotopic (exact) mass is 462 g/mol. The molecule has 0 bridgehead atoms. The first kappa shape index (κ1) is 24.9. The van der Waals surface area contributed by atoms with E-state index in [2.05, 4.69) is 54.6 Å². The van der Waals surface area contributed by atoms with Crippen molar-refractivity contribution in [2.75, 3.05) is 6.61 Å². The van der Waals surface area contributed by atoms with Gasteiger partial charge in [-0.2, -0.15) is 0 Å². The number of carbonyl (C=O) groups is 1. The molecule has 9 atom stereocenters. The Morgan fingerprint density at radius 1 is 1.09 bits per heavy atom. The van der Waals surface area contributed by atoms with Crippen LogP contribution < -0.4 is 0 Å². The number of aliphatic hydroxyl groups excluding tert-OH is 1. The van der Waals surface area contributed by atoms with E-state index >= 15 is 0 Å². The van der Waals surface area contributed by atoms with Gasteiger partial charge >= 0.3 is 0 Å². The van der Waals surface area contributed by atoms with Crippen molar-refractivity contribution in [1.29, 1.82) is 0 Å². The summed E-state index contributed by atoms with van der Waals surface area (Å²) in [6.07, 6.45) is 8.24. The van der Waals surface area contributed by atoms with Gasteiger partial charge in [-0.1, -0.05) is 41.5 Å². The summed E-state index contributed by atoms with van der Waals surface area (Å²) in [5, 5.41) is 11.7. The van der Waals surface area contributed by atoms with Gasteiger partial charge in [0.15, 0.2) is 8.32 Å². The van der Waals surface area contributed by atoms with Crippen molar-refractivity contribution in [3.8, 4) is 0 Å². The number of hydrogen-bond acceptors (Lipinski definition) is 3. The number of ketones is 1. The van der Waals surface area contributed by atoms with Crippen LogP contribution in [0, 0.1) is 46.3 Å². The maximum absolute atomic E-state index is 12.2. The van der Waals surface area contributed by atoms with E-state index in [0.29, 0.717) is 53.1 Å². The second kappa shape index (κ2) is 8.19. The zero-order chi connectivity index (χ0) is 23.7. The van der Waals surface area contributed by atoms with Crippen molar-refractivity contribution in [1.82, 2.24) is 0 Å². The van der Waals surface area contributed by atoms with E-state index in [0.717, 1.165) is 25.9 Å². The first-order valence-electron chi connectivity index (χ1n) is 13.5. The third-order valence-electron chi connectivity index (χ3n) is 11.8. The summed E-state index contributed by atoms with van der Waals surface area (Å²) in [4.78, 5) is 12.2. The smallest absolute Gasteiger partial charge is 0.191 e. The molecule has 3 unspecified atom stereocenters. The van der Waals surface area contributed by atoms with Gasteiger partial charge in [0.05, 0.1) is 6.10 Å². The van der Waals surface area contributed by atoms with E-state index in [4.69, 9.17) is 4.43 Å². The zero-order valence-corrected chi connectivity index (χ0v) is 23.2. The Morgan fingerprint density at radius 3 is 2.41 bits per heavy atom. The predicted molar refractivity (Wildman–Crippen MR) is 134 cm³/mol. The lowest BCUT2D eigenvalue weighted by Gasteiger charge is -2.62. The third-order valence-corrected chi connectivity index (χ3v) is 16.3. The molecule has 184 valence electrons. The second-order valence-electron chi connectivity index (χ2n) is 14.3. The molecule has 0 aromatic carbocycles. The van der Waals surface area contributed by atoms with E-state index in [1.165, 1.54) is 25.7 Å². The third kappa shape index (κ3) is 3.88. The fourth-order valence-corrected chi connectivity index (χ4v) is 9.77. The first-order chi connectivity index (χ1) is 14.7. The highest BCUT2D eigenvalue weighted by Crippen LogP contribution is 2.68. The maximum atomic E-state index is 12.2. The summed E-state index contributed by atoms with van der Waals surface area (Å²) in [7, 11) is -1.73. The Labute approximate surface area is 198 Å². The van der Waals surface area contributed by atoms with Gasteiger partial charge in [-0.15, -0.1) is 0 Å². The number of Topliss-reactive ketones (excluding diaryl/α,β-unsaturated/α-hetero) is 1. The Bertz CT molecular complexity index is 727.